The number of carbonyl (C=O) groups excluding carboxylic acids is 1. The normalized spacial score (nSPS) is 17.2. The lowest BCUT2D eigenvalue weighted by atomic mass is 10.1. The molecular weight excluding hydrogens is 290 g/mol. The maximum absolute atomic E-state index is 12.0. The van der Waals surface area contributed by atoms with Gasteiger partial charge in [-0.2, -0.15) is 0 Å². The van der Waals surface area contributed by atoms with Crippen molar-refractivity contribution in [3.05, 3.63) is 54.1 Å². The fraction of sp³-hybridized carbons (Fsp3) is 0.0714. The zero-order chi connectivity index (χ0) is 15.0. The number of rotatable bonds is 3. The van der Waals surface area contributed by atoms with Gasteiger partial charge in [-0.25, -0.2) is 13.6 Å². The second-order valence-corrected chi connectivity index (χ2v) is 6.28. The Kier molecular flexibility index (Phi) is 3.15. The van der Waals surface area contributed by atoms with Crippen LogP contribution in [-0.2, 0) is 14.8 Å². The molecule has 0 spiro atoms. The molecule has 4 N–H and O–H groups in total. The minimum atomic E-state index is -3.71. The second kappa shape index (κ2) is 4.87. The summed E-state index contributed by atoms with van der Waals surface area (Å²) in [4.78, 5) is 12.0. The first-order valence-corrected chi connectivity index (χ1v) is 7.79. The topological polar surface area (TPSA) is 101 Å². The summed E-state index contributed by atoms with van der Waals surface area (Å²) >= 11 is 0. The van der Waals surface area contributed by atoms with Crippen LogP contribution in [0.3, 0.4) is 0 Å². The number of hydrogen-bond acceptors (Lipinski definition) is 4. The van der Waals surface area contributed by atoms with E-state index in [1.54, 1.807) is 12.1 Å². The number of carbonyl (C=O) groups is 1. The smallest absolute Gasteiger partial charge is 0.251 e. The lowest BCUT2D eigenvalue weighted by Gasteiger charge is -2.13. The first kappa shape index (κ1) is 13.6. The molecule has 0 aromatic heterocycles. The average Bonchev–Trinajstić information content (AvgIpc) is 2.75. The molecule has 2 aromatic rings. The third-order valence-electron chi connectivity index (χ3n) is 3.29. The Balaban J connectivity index is 1.86. The number of amides is 1. The molecule has 6 nitrogen and oxygen atoms in total. The van der Waals surface area contributed by atoms with E-state index in [4.69, 9.17) is 5.14 Å². The highest BCUT2D eigenvalue weighted by Crippen LogP contribution is 2.32. The minimum Gasteiger partial charge on any atom is -0.370 e. The molecule has 1 atom stereocenters. The minimum absolute atomic E-state index is 0.0318. The van der Waals surface area contributed by atoms with Crippen molar-refractivity contribution in [2.75, 3.05) is 10.6 Å². The number of nitrogens with two attached hydrogens (primary N) is 1. The molecule has 108 valence electrons. The molecule has 7 heteroatoms. The van der Waals surface area contributed by atoms with Crippen molar-refractivity contribution in [1.82, 2.24) is 0 Å². The number of anilines is 2. The van der Waals surface area contributed by atoms with Crippen LogP contribution < -0.4 is 15.8 Å². The zero-order valence-corrected chi connectivity index (χ0v) is 11.7. The summed E-state index contributed by atoms with van der Waals surface area (Å²) < 4.78 is 22.4. The molecule has 1 heterocycles. The van der Waals surface area contributed by atoms with Crippen LogP contribution in [0.4, 0.5) is 11.4 Å². The highest BCUT2D eigenvalue weighted by molar-refractivity contribution is 7.89. The van der Waals surface area contributed by atoms with Crippen molar-refractivity contribution in [3.63, 3.8) is 0 Å². The van der Waals surface area contributed by atoms with Gasteiger partial charge in [0.05, 0.1) is 4.90 Å². The Bertz CT molecular complexity index is 800. The van der Waals surface area contributed by atoms with Crippen molar-refractivity contribution < 1.29 is 13.2 Å². The molecule has 0 radical (unpaired) electrons. The van der Waals surface area contributed by atoms with E-state index >= 15 is 0 Å². The van der Waals surface area contributed by atoms with E-state index in [1.165, 1.54) is 12.1 Å². The number of benzene rings is 2. The summed E-state index contributed by atoms with van der Waals surface area (Å²) in [6.45, 7) is 0. The van der Waals surface area contributed by atoms with E-state index in [1.807, 2.05) is 24.3 Å². The van der Waals surface area contributed by atoms with Gasteiger partial charge in [-0.1, -0.05) is 18.2 Å². The molecule has 0 saturated carbocycles. The van der Waals surface area contributed by atoms with Gasteiger partial charge in [0.2, 0.25) is 10.0 Å². The number of hydrogen-bond donors (Lipinski definition) is 3. The Morgan fingerprint density at radius 3 is 2.38 bits per heavy atom. The van der Waals surface area contributed by atoms with Gasteiger partial charge in [0.1, 0.15) is 6.04 Å². The standard InChI is InChI=1S/C14H13N3O3S/c15-21(19,20)10-7-5-9(6-8-10)16-13-11-3-1-2-4-12(11)17-14(13)18/h1-8,13,16H,(H,17,18)(H2,15,19,20). The van der Waals surface area contributed by atoms with E-state index in [-0.39, 0.29) is 10.8 Å². The monoisotopic (exact) mass is 303 g/mol. The Labute approximate surface area is 122 Å². The van der Waals surface area contributed by atoms with Crippen LogP contribution in [0, 0.1) is 0 Å². The first-order chi connectivity index (χ1) is 9.95. The lowest BCUT2D eigenvalue weighted by molar-refractivity contribution is -0.116. The van der Waals surface area contributed by atoms with E-state index in [2.05, 4.69) is 10.6 Å². The van der Waals surface area contributed by atoms with Gasteiger partial charge in [-0.15, -0.1) is 0 Å². The Morgan fingerprint density at radius 2 is 1.71 bits per heavy atom. The van der Waals surface area contributed by atoms with Gasteiger partial charge in [0.25, 0.3) is 5.91 Å². The van der Waals surface area contributed by atoms with Crippen molar-refractivity contribution in [1.29, 1.82) is 0 Å². The predicted octanol–water partition coefficient (Wildman–Crippen LogP) is 1.44. The fourth-order valence-electron chi connectivity index (χ4n) is 2.26. The van der Waals surface area contributed by atoms with Crippen molar-refractivity contribution >= 4 is 27.3 Å². The highest BCUT2D eigenvalue weighted by Gasteiger charge is 2.29. The molecule has 1 aliphatic heterocycles. The summed E-state index contributed by atoms with van der Waals surface area (Å²) in [6, 6.07) is 12.9. The SMILES string of the molecule is NS(=O)(=O)c1ccc(NC2C(=O)Nc3ccccc32)cc1. The van der Waals surface area contributed by atoms with Gasteiger partial charge in [-0.05, 0) is 30.3 Å². The van der Waals surface area contributed by atoms with Gasteiger partial charge >= 0.3 is 0 Å². The van der Waals surface area contributed by atoms with E-state index in [0.29, 0.717) is 5.69 Å². The number of nitrogens with one attached hydrogen (secondary N) is 2. The van der Waals surface area contributed by atoms with Crippen LogP contribution in [0.2, 0.25) is 0 Å². The maximum Gasteiger partial charge on any atom is 0.251 e. The summed E-state index contributed by atoms with van der Waals surface area (Å²) in [6.07, 6.45) is 0. The molecule has 0 aliphatic carbocycles. The third-order valence-corrected chi connectivity index (χ3v) is 4.21. The highest BCUT2D eigenvalue weighted by atomic mass is 32.2. The quantitative estimate of drug-likeness (QED) is 0.798. The number of sulfonamides is 1. The summed E-state index contributed by atoms with van der Waals surface area (Å²) in [5, 5.41) is 10.9. The lowest BCUT2D eigenvalue weighted by Crippen LogP contribution is -2.19. The summed E-state index contributed by atoms with van der Waals surface area (Å²) in [5.41, 5.74) is 2.28. The van der Waals surface area contributed by atoms with Gasteiger partial charge < -0.3 is 10.6 Å². The van der Waals surface area contributed by atoms with Crippen molar-refractivity contribution in [2.45, 2.75) is 10.9 Å². The molecule has 1 amide bonds. The van der Waals surface area contributed by atoms with Crippen LogP contribution >= 0.6 is 0 Å². The van der Waals surface area contributed by atoms with Gasteiger partial charge in [0, 0.05) is 16.9 Å². The fourth-order valence-corrected chi connectivity index (χ4v) is 2.77. The average molecular weight is 303 g/mol. The Morgan fingerprint density at radius 1 is 1.05 bits per heavy atom. The van der Waals surface area contributed by atoms with Crippen LogP contribution in [0.15, 0.2) is 53.4 Å². The molecule has 0 saturated heterocycles. The van der Waals surface area contributed by atoms with Crippen molar-refractivity contribution in [3.8, 4) is 0 Å². The Hall–Kier alpha value is -2.38. The van der Waals surface area contributed by atoms with Crippen LogP contribution in [0.25, 0.3) is 0 Å². The van der Waals surface area contributed by atoms with Crippen LogP contribution in [-0.4, -0.2) is 14.3 Å². The number of para-hydroxylation sites is 1. The molecule has 21 heavy (non-hydrogen) atoms. The molecule has 0 fully saturated rings. The van der Waals surface area contributed by atoms with E-state index < -0.39 is 16.1 Å². The van der Waals surface area contributed by atoms with E-state index in [0.717, 1.165) is 11.3 Å². The molecule has 1 aliphatic rings. The van der Waals surface area contributed by atoms with Crippen LogP contribution in [0.5, 0.6) is 0 Å². The maximum atomic E-state index is 12.0. The largest absolute Gasteiger partial charge is 0.370 e. The number of fused-ring (bicyclic) bond motifs is 1. The molecular formula is C14H13N3O3S. The first-order valence-electron chi connectivity index (χ1n) is 6.24. The molecule has 0 bridgehead atoms. The molecule has 2 aromatic carbocycles. The number of primary sulfonamides is 1. The van der Waals surface area contributed by atoms with E-state index in [9.17, 15) is 13.2 Å². The van der Waals surface area contributed by atoms with Crippen molar-refractivity contribution in [2.24, 2.45) is 5.14 Å². The molecule has 1 unspecified atom stereocenters. The van der Waals surface area contributed by atoms with Crippen LogP contribution in [0.1, 0.15) is 11.6 Å². The summed E-state index contributed by atoms with van der Waals surface area (Å²) in [7, 11) is -3.71. The second-order valence-electron chi connectivity index (χ2n) is 4.72. The summed E-state index contributed by atoms with van der Waals surface area (Å²) in [5.74, 6) is -0.147. The molecule has 3 rings (SSSR count). The van der Waals surface area contributed by atoms with Gasteiger partial charge in [-0.3, -0.25) is 4.79 Å². The third kappa shape index (κ3) is 2.61. The predicted molar refractivity (Wildman–Crippen MR) is 79.3 cm³/mol. The zero-order valence-electron chi connectivity index (χ0n) is 10.9. The van der Waals surface area contributed by atoms with Gasteiger partial charge in [0.15, 0.2) is 0 Å².